The van der Waals surface area contributed by atoms with Gasteiger partial charge in [0.2, 0.25) is 5.82 Å². The van der Waals surface area contributed by atoms with E-state index in [1.807, 2.05) is 67.1 Å². The van der Waals surface area contributed by atoms with Crippen LogP contribution in [-0.4, -0.2) is 42.1 Å². The van der Waals surface area contributed by atoms with Crippen LogP contribution in [0.2, 0.25) is 0 Å². The lowest BCUT2D eigenvalue weighted by molar-refractivity contribution is -0.122. The number of benzene rings is 2. The van der Waals surface area contributed by atoms with Crippen molar-refractivity contribution in [2.45, 2.75) is 26.9 Å². The summed E-state index contributed by atoms with van der Waals surface area (Å²) in [5.74, 6) is 0.120. The first kappa shape index (κ1) is 20.1. The van der Waals surface area contributed by atoms with E-state index < -0.39 is 0 Å². The number of nitrogens with zero attached hydrogens (tertiary/aromatic N) is 7. The van der Waals surface area contributed by atoms with E-state index in [9.17, 15) is 4.79 Å². The maximum Gasteiger partial charge on any atom is 0.263 e. The second-order valence-corrected chi connectivity index (χ2v) is 7.03. The number of hydrogen-bond acceptors (Lipinski definition) is 6. The van der Waals surface area contributed by atoms with Gasteiger partial charge in [-0.2, -0.15) is 15.0 Å². The Morgan fingerprint density at radius 1 is 1.03 bits per heavy atom. The van der Waals surface area contributed by atoms with Gasteiger partial charge in [-0.3, -0.25) is 9.48 Å². The van der Waals surface area contributed by atoms with Gasteiger partial charge in [-0.15, -0.1) is 10.2 Å². The molecule has 0 fully saturated rings. The lowest BCUT2D eigenvalue weighted by Gasteiger charge is -2.04. The first-order valence-corrected chi connectivity index (χ1v) is 9.83. The Morgan fingerprint density at radius 2 is 1.74 bits per heavy atom. The summed E-state index contributed by atoms with van der Waals surface area (Å²) in [6, 6.07) is 19.6. The van der Waals surface area contributed by atoms with Gasteiger partial charge in [0, 0.05) is 16.8 Å². The molecule has 4 aromatic rings. The molecule has 9 heteroatoms. The predicted molar refractivity (Wildman–Crippen MR) is 116 cm³/mol. The van der Waals surface area contributed by atoms with Gasteiger partial charge in [0.05, 0.1) is 18.5 Å². The highest BCUT2D eigenvalue weighted by Gasteiger charge is 2.11. The van der Waals surface area contributed by atoms with Gasteiger partial charge in [0.1, 0.15) is 6.54 Å². The Hall–Kier alpha value is -4.14. The topological polar surface area (TPSA) is 103 Å². The van der Waals surface area contributed by atoms with Gasteiger partial charge in [0.25, 0.3) is 5.91 Å². The second-order valence-electron chi connectivity index (χ2n) is 7.03. The monoisotopic (exact) mass is 414 g/mol. The third-order valence-corrected chi connectivity index (χ3v) is 4.77. The number of nitrogens with one attached hydrogen (secondary N) is 1. The van der Waals surface area contributed by atoms with E-state index in [0.717, 1.165) is 22.5 Å². The van der Waals surface area contributed by atoms with Gasteiger partial charge in [-0.1, -0.05) is 60.7 Å². The molecular formula is C22H22N8O. The van der Waals surface area contributed by atoms with Crippen molar-refractivity contribution in [3.63, 3.8) is 0 Å². The molecule has 156 valence electrons. The molecule has 0 aliphatic carbocycles. The average Bonchev–Trinajstić information content (AvgIpc) is 3.35. The van der Waals surface area contributed by atoms with Crippen LogP contribution in [0.5, 0.6) is 0 Å². The number of tetrazole rings is 1. The quantitative estimate of drug-likeness (QED) is 0.369. The second kappa shape index (κ2) is 9.12. The zero-order chi connectivity index (χ0) is 21.6. The molecule has 0 unspecified atom stereocenters. The van der Waals surface area contributed by atoms with Gasteiger partial charge in [-0.05, 0) is 24.6 Å². The molecule has 1 N–H and O–H groups in total. The molecule has 0 saturated carbocycles. The minimum absolute atomic E-state index is 0.0809. The molecular weight excluding hydrogens is 392 g/mol. The lowest BCUT2D eigenvalue weighted by atomic mass is 10.2. The van der Waals surface area contributed by atoms with Gasteiger partial charge >= 0.3 is 0 Å². The van der Waals surface area contributed by atoms with Crippen LogP contribution in [0, 0.1) is 13.8 Å². The number of carbonyl (C=O) groups excluding carboxylic acids is 1. The van der Waals surface area contributed by atoms with E-state index in [2.05, 4.69) is 43.2 Å². The zero-order valence-electron chi connectivity index (χ0n) is 17.3. The zero-order valence-corrected chi connectivity index (χ0v) is 17.3. The van der Waals surface area contributed by atoms with Crippen molar-refractivity contribution in [3.8, 4) is 11.4 Å². The number of amides is 1. The number of aryl methyl sites for hydroxylation is 1. The highest BCUT2D eigenvalue weighted by molar-refractivity contribution is 5.84. The minimum Gasteiger partial charge on any atom is -0.271 e. The van der Waals surface area contributed by atoms with E-state index in [0.29, 0.717) is 12.4 Å². The smallest absolute Gasteiger partial charge is 0.263 e. The largest absolute Gasteiger partial charge is 0.271 e. The number of carbonyl (C=O) groups is 1. The molecule has 9 nitrogen and oxygen atoms in total. The SMILES string of the molecule is Cc1nn(Cc2ccccc2)c(C)c1C=NNC(=O)Cn1nnc(-c2ccccc2)n1. The molecule has 2 heterocycles. The minimum atomic E-state index is -0.347. The summed E-state index contributed by atoms with van der Waals surface area (Å²) in [6.07, 6.45) is 1.61. The molecule has 0 aliphatic rings. The summed E-state index contributed by atoms with van der Waals surface area (Å²) in [5.41, 5.74) is 7.21. The van der Waals surface area contributed by atoms with Gasteiger partial charge in [0.15, 0.2) is 0 Å². The first-order chi connectivity index (χ1) is 15.1. The fourth-order valence-corrected chi connectivity index (χ4v) is 3.15. The van der Waals surface area contributed by atoms with Crippen LogP contribution in [0.15, 0.2) is 65.8 Å². The normalized spacial score (nSPS) is 11.2. The lowest BCUT2D eigenvalue weighted by Crippen LogP contribution is -2.24. The van der Waals surface area contributed by atoms with Crippen molar-refractivity contribution in [2.24, 2.45) is 5.10 Å². The van der Waals surface area contributed by atoms with Crippen molar-refractivity contribution in [1.29, 1.82) is 0 Å². The fraction of sp³-hybridized carbons (Fsp3) is 0.182. The number of hydrogen-bond donors (Lipinski definition) is 1. The van der Waals surface area contributed by atoms with Crippen LogP contribution in [-0.2, 0) is 17.9 Å². The summed E-state index contributed by atoms with van der Waals surface area (Å²) < 4.78 is 1.93. The molecule has 1 amide bonds. The molecule has 0 atom stereocenters. The van der Waals surface area contributed by atoms with Crippen LogP contribution >= 0.6 is 0 Å². The van der Waals surface area contributed by atoms with Crippen molar-refractivity contribution in [1.82, 2.24) is 35.4 Å². The Labute approximate surface area is 179 Å². The van der Waals surface area contributed by atoms with E-state index in [1.165, 1.54) is 10.4 Å². The molecule has 2 aromatic carbocycles. The summed E-state index contributed by atoms with van der Waals surface area (Å²) >= 11 is 0. The number of hydrazone groups is 1. The number of aromatic nitrogens is 6. The molecule has 2 aromatic heterocycles. The van der Waals surface area contributed by atoms with Gasteiger partial charge in [-0.25, -0.2) is 5.43 Å². The maximum absolute atomic E-state index is 12.2. The predicted octanol–water partition coefficient (Wildman–Crippen LogP) is 2.35. The van der Waals surface area contributed by atoms with Crippen molar-refractivity contribution < 1.29 is 4.79 Å². The molecule has 0 bridgehead atoms. The molecule has 0 saturated heterocycles. The van der Waals surface area contributed by atoms with E-state index in [-0.39, 0.29) is 12.5 Å². The summed E-state index contributed by atoms with van der Waals surface area (Å²) in [7, 11) is 0. The summed E-state index contributed by atoms with van der Waals surface area (Å²) in [5, 5.41) is 20.8. The van der Waals surface area contributed by atoms with E-state index in [4.69, 9.17) is 0 Å². The highest BCUT2D eigenvalue weighted by Crippen LogP contribution is 2.13. The molecule has 0 radical (unpaired) electrons. The van der Waals surface area contributed by atoms with E-state index >= 15 is 0 Å². The van der Waals surface area contributed by atoms with Crippen LogP contribution in [0.1, 0.15) is 22.5 Å². The Kier molecular flexibility index (Phi) is 5.93. The summed E-state index contributed by atoms with van der Waals surface area (Å²) in [4.78, 5) is 13.4. The van der Waals surface area contributed by atoms with Crippen molar-refractivity contribution in [2.75, 3.05) is 0 Å². The summed E-state index contributed by atoms with van der Waals surface area (Å²) in [6.45, 7) is 4.50. The third-order valence-electron chi connectivity index (χ3n) is 4.77. The highest BCUT2D eigenvalue weighted by atomic mass is 16.2. The average molecular weight is 414 g/mol. The van der Waals surface area contributed by atoms with Crippen LogP contribution in [0.4, 0.5) is 0 Å². The maximum atomic E-state index is 12.2. The van der Waals surface area contributed by atoms with Crippen molar-refractivity contribution in [3.05, 3.63) is 83.2 Å². The molecule has 0 spiro atoms. The Bertz CT molecular complexity index is 1190. The third kappa shape index (κ3) is 4.89. The van der Waals surface area contributed by atoms with Crippen LogP contribution in [0.3, 0.4) is 0 Å². The molecule has 0 aliphatic heterocycles. The van der Waals surface area contributed by atoms with Crippen LogP contribution < -0.4 is 5.43 Å². The Morgan fingerprint density at radius 3 is 2.48 bits per heavy atom. The van der Waals surface area contributed by atoms with Crippen molar-refractivity contribution >= 4 is 12.1 Å². The van der Waals surface area contributed by atoms with E-state index in [1.54, 1.807) is 6.21 Å². The molecule has 4 rings (SSSR count). The Balaban J connectivity index is 1.36. The van der Waals surface area contributed by atoms with Crippen LogP contribution in [0.25, 0.3) is 11.4 Å². The molecule has 31 heavy (non-hydrogen) atoms. The standard InChI is InChI=1S/C22H22N8O/c1-16-20(17(2)29(26-16)14-18-9-5-3-6-10-18)13-23-24-21(31)15-30-27-22(25-28-30)19-11-7-4-8-12-19/h3-13H,14-15H2,1-2H3,(H,24,31). The fourth-order valence-electron chi connectivity index (χ4n) is 3.15. The number of rotatable bonds is 7. The van der Waals surface area contributed by atoms with Gasteiger partial charge < -0.3 is 0 Å². The first-order valence-electron chi connectivity index (χ1n) is 9.83.